The molecular weight excluding hydrogens is 256 g/mol. The number of fused-ring (bicyclic) bond motifs is 1. The molecule has 0 saturated heterocycles. The first-order valence-electron chi connectivity index (χ1n) is 6.76. The first-order chi connectivity index (χ1) is 9.49. The zero-order chi connectivity index (χ0) is 14.7. The minimum Gasteiger partial charge on any atom is -0.393 e. The third-order valence-electron chi connectivity index (χ3n) is 3.33. The molecule has 0 radical (unpaired) electrons. The molecule has 0 bridgehead atoms. The number of nitrogens with one attached hydrogen (secondary N) is 1. The van der Waals surface area contributed by atoms with Crippen molar-refractivity contribution in [3.05, 3.63) is 29.7 Å². The second-order valence-corrected chi connectivity index (χ2v) is 5.25. The number of pyridine rings is 1. The molecule has 20 heavy (non-hydrogen) atoms. The number of aromatic nitrogens is 3. The van der Waals surface area contributed by atoms with E-state index in [1.54, 1.807) is 22.7 Å². The van der Waals surface area contributed by atoms with Gasteiger partial charge in [-0.25, -0.2) is 0 Å². The number of nitrogens with zero attached hydrogens (tertiary/aromatic N) is 3. The molecule has 0 aliphatic rings. The maximum Gasteiger partial charge on any atom is 0.252 e. The van der Waals surface area contributed by atoms with Crippen LogP contribution in [0, 0.1) is 12.8 Å². The zero-order valence-electron chi connectivity index (χ0n) is 12.0. The van der Waals surface area contributed by atoms with Crippen LogP contribution in [0.1, 0.15) is 36.5 Å². The molecule has 2 aromatic heterocycles. The van der Waals surface area contributed by atoms with Crippen LogP contribution < -0.4 is 5.32 Å². The van der Waals surface area contributed by atoms with E-state index in [9.17, 15) is 9.90 Å². The van der Waals surface area contributed by atoms with E-state index in [0.717, 1.165) is 5.82 Å². The summed E-state index contributed by atoms with van der Waals surface area (Å²) in [5.41, 5.74) is 1.27. The maximum absolute atomic E-state index is 12.0. The van der Waals surface area contributed by atoms with Gasteiger partial charge in [0.2, 0.25) is 0 Å². The molecular formula is C14H20N4O2. The van der Waals surface area contributed by atoms with E-state index in [1.807, 2.05) is 20.8 Å². The fourth-order valence-electron chi connectivity index (χ4n) is 1.91. The third kappa shape index (κ3) is 3.14. The summed E-state index contributed by atoms with van der Waals surface area (Å²) in [4.78, 5) is 12.0. The Hall–Kier alpha value is -1.95. The number of rotatable bonds is 5. The van der Waals surface area contributed by atoms with Crippen LogP contribution in [-0.2, 0) is 0 Å². The smallest absolute Gasteiger partial charge is 0.252 e. The first-order valence-corrected chi connectivity index (χ1v) is 6.76. The van der Waals surface area contributed by atoms with Crippen molar-refractivity contribution >= 4 is 11.6 Å². The van der Waals surface area contributed by atoms with E-state index in [1.165, 1.54) is 0 Å². The van der Waals surface area contributed by atoms with Crippen molar-refractivity contribution in [1.29, 1.82) is 0 Å². The van der Waals surface area contributed by atoms with Crippen molar-refractivity contribution in [3.8, 4) is 0 Å². The van der Waals surface area contributed by atoms with E-state index >= 15 is 0 Å². The second-order valence-electron chi connectivity index (χ2n) is 5.25. The number of aliphatic hydroxyl groups is 1. The van der Waals surface area contributed by atoms with Gasteiger partial charge in [-0.3, -0.25) is 9.20 Å². The van der Waals surface area contributed by atoms with Gasteiger partial charge in [0.05, 0.1) is 11.7 Å². The van der Waals surface area contributed by atoms with Gasteiger partial charge in [-0.15, -0.1) is 10.2 Å². The van der Waals surface area contributed by atoms with Crippen molar-refractivity contribution in [2.75, 3.05) is 6.54 Å². The molecule has 0 aromatic carbocycles. The molecule has 0 spiro atoms. The normalized spacial score (nSPS) is 12.8. The Balaban J connectivity index is 1.99. The van der Waals surface area contributed by atoms with Crippen molar-refractivity contribution in [1.82, 2.24) is 19.9 Å². The summed E-state index contributed by atoms with van der Waals surface area (Å²) in [7, 11) is 0. The molecule has 1 amide bonds. The SMILES string of the molecule is Cc1nnc2ccc(C(=O)NCCC(O)C(C)C)cn12. The molecule has 2 N–H and O–H groups in total. The van der Waals surface area contributed by atoms with Crippen molar-refractivity contribution < 1.29 is 9.90 Å². The van der Waals surface area contributed by atoms with Gasteiger partial charge >= 0.3 is 0 Å². The van der Waals surface area contributed by atoms with Gasteiger partial charge < -0.3 is 10.4 Å². The summed E-state index contributed by atoms with van der Waals surface area (Å²) in [6.07, 6.45) is 1.88. The maximum atomic E-state index is 12.0. The van der Waals surface area contributed by atoms with E-state index in [2.05, 4.69) is 15.5 Å². The lowest BCUT2D eigenvalue weighted by molar-refractivity contribution is 0.0920. The van der Waals surface area contributed by atoms with Crippen LogP contribution in [0.5, 0.6) is 0 Å². The van der Waals surface area contributed by atoms with Crippen LogP contribution in [0.25, 0.3) is 5.65 Å². The Bertz CT molecular complexity index is 606. The molecule has 1 atom stereocenters. The molecule has 108 valence electrons. The minimum atomic E-state index is -0.391. The topological polar surface area (TPSA) is 79.5 Å². The number of carbonyl (C=O) groups is 1. The van der Waals surface area contributed by atoms with E-state index in [0.29, 0.717) is 24.2 Å². The van der Waals surface area contributed by atoms with Crippen LogP contribution in [0.2, 0.25) is 0 Å². The van der Waals surface area contributed by atoms with Gasteiger partial charge in [-0.2, -0.15) is 0 Å². The molecule has 2 heterocycles. The van der Waals surface area contributed by atoms with Crippen molar-refractivity contribution in [2.45, 2.75) is 33.3 Å². The van der Waals surface area contributed by atoms with Gasteiger partial charge in [0.1, 0.15) is 5.82 Å². The number of aryl methyl sites for hydroxylation is 1. The summed E-state index contributed by atoms with van der Waals surface area (Å²) >= 11 is 0. The average molecular weight is 276 g/mol. The van der Waals surface area contributed by atoms with Gasteiger partial charge in [0.25, 0.3) is 5.91 Å². The molecule has 0 aliphatic carbocycles. The van der Waals surface area contributed by atoms with Gasteiger partial charge in [0, 0.05) is 12.7 Å². The number of hydrogen-bond acceptors (Lipinski definition) is 4. The highest BCUT2D eigenvalue weighted by Crippen LogP contribution is 2.07. The first kappa shape index (κ1) is 14.5. The highest BCUT2D eigenvalue weighted by Gasteiger charge is 2.11. The molecule has 6 heteroatoms. The minimum absolute atomic E-state index is 0.157. The van der Waals surface area contributed by atoms with Gasteiger partial charge in [-0.05, 0) is 31.4 Å². The van der Waals surface area contributed by atoms with E-state index in [4.69, 9.17) is 0 Å². The highest BCUT2D eigenvalue weighted by atomic mass is 16.3. The number of hydrogen-bond donors (Lipinski definition) is 2. The zero-order valence-corrected chi connectivity index (χ0v) is 12.0. The molecule has 0 fully saturated rings. The predicted molar refractivity (Wildman–Crippen MR) is 75.5 cm³/mol. The Labute approximate surface area is 117 Å². The largest absolute Gasteiger partial charge is 0.393 e. The quantitative estimate of drug-likeness (QED) is 0.859. The van der Waals surface area contributed by atoms with Gasteiger partial charge in [0.15, 0.2) is 5.65 Å². The van der Waals surface area contributed by atoms with Crippen LogP contribution in [0.4, 0.5) is 0 Å². The lowest BCUT2D eigenvalue weighted by Gasteiger charge is -2.14. The summed E-state index contributed by atoms with van der Waals surface area (Å²) in [5, 5.41) is 20.4. The molecule has 0 saturated carbocycles. The van der Waals surface area contributed by atoms with Crippen LogP contribution in [-0.4, -0.2) is 38.3 Å². The van der Waals surface area contributed by atoms with Crippen LogP contribution in [0.15, 0.2) is 18.3 Å². The Morgan fingerprint density at radius 1 is 1.40 bits per heavy atom. The lowest BCUT2D eigenvalue weighted by Crippen LogP contribution is -2.28. The Kier molecular flexibility index (Phi) is 4.34. The average Bonchev–Trinajstić information content (AvgIpc) is 2.79. The standard InChI is InChI=1S/C14H20N4O2/c1-9(2)12(19)6-7-15-14(20)11-4-5-13-17-16-10(3)18(13)8-11/h4-5,8-9,12,19H,6-7H2,1-3H3,(H,15,20). The number of amides is 1. The Morgan fingerprint density at radius 3 is 2.85 bits per heavy atom. The molecule has 6 nitrogen and oxygen atoms in total. The number of carbonyl (C=O) groups excluding carboxylic acids is 1. The third-order valence-corrected chi connectivity index (χ3v) is 3.33. The van der Waals surface area contributed by atoms with Crippen molar-refractivity contribution in [3.63, 3.8) is 0 Å². The molecule has 1 unspecified atom stereocenters. The van der Waals surface area contributed by atoms with Crippen molar-refractivity contribution in [2.24, 2.45) is 5.92 Å². The van der Waals surface area contributed by atoms with Crippen LogP contribution >= 0.6 is 0 Å². The molecule has 2 aromatic rings. The summed E-state index contributed by atoms with van der Waals surface area (Å²) in [6.45, 7) is 6.20. The summed E-state index contributed by atoms with van der Waals surface area (Å²) < 4.78 is 1.78. The van der Waals surface area contributed by atoms with E-state index < -0.39 is 6.10 Å². The highest BCUT2D eigenvalue weighted by molar-refractivity contribution is 5.94. The predicted octanol–water partition coefficient (Wildman–Crippen LogP) is 1.17. The second kappa shape index (κ2) is 6.00. The molecule has 2 rings (SSSR count). The summed E-state index contributed by atoms with van der Waals surface area (Å²) in [5.74, 6) is 0.781. The fourth-order valence-corrected chi connectivity index (χ4v) is 1.91. The van der Waals surface area contributed by atoms with Crippen LogP contribution in [0.3, 0.4) is 0 Å². The van der Waals surface area contributed by atoms with Gasteiger partial charge in [-0.1, -0.05) is 13.8 Å². The number of aliphatic hydroxyl groups excluding tert-OH is 1. The summed E-state index contributed by atoms with van der Waals surface area (Å²) in [6, 6.07) is 3.48. The fraction of sp³-hybridized carbons (Fsp3) is 0.500. The Morgan fingerprint density at radius 2 is 2.15 bits per heavy atom. The lowest BCUT2D eigenvalue weighted by atomic mass is 10.0. The molecule has 0 aliphatic heterocycles. The monoisotopic (exact) mass is 276 g/mol. The van der Waals surface area contributed by atoms with E-state index in [-0.39, 0.29) is 11.8 Å².